The highest BCUT2D eigenvalue weighted by Gasteiger charge is 2.40. The average molecular weight is 448 g/mol. The van der Waals surface area contributed by atoms with Gasteiger partial charge in [0, 0.05) is 43.3 Å². The van der Waals surface area contributed by atoms with E-state index in [0.717, 1.165) is 44.8 Å². The van der Waals surface area contributed by atoms with Crippen LogP contribution in [0, 0.1) is 13.8 Å². The van der Waals surface area contributed by atoms with Gasteiger partial charge in [-0.05, 0) is 37.6 Å². The van der Waals surface area contributed by atoms with E-state index in [2.05, 4.69) is 42.6 Å². The van der Waals surface area contributed by atoms with Crippen molar-refractivity contribution in [1.82, 2.24) is 14.3 Å². The normalized spacial score (nSPS) is 18.2. The monoisotopic (exact) mass is 447 g/mol. The summed E-state index contributed by atoms with van der Waals surface area (Å²) in [5.74, 6) is -0.394. The summed E-state index contributed by atoms with van der Waals surface area (Å²) in [6, 6.07) is 12.4. The van der Waals surface area contributed by atoms with Crippen LogP contribution < -0.4 is 0 Å². The maximum absolute atomic E-state index is 13.1. The molecule has 2 aromatic carbocycles. The Kier molecular flexibility index (Phi) is 4.61. The Morgan fingerprint density at radius 3 is 2.59 bits per heavy atom. The third-order valence-corrected chi connectivity index (χ3v) is 7.64. The van der Waals surface area contributed by atoms with E-state index in [-0.39, 0.29) is 5.91 Å². The van der Waals surface area contributed by atoms with E-state index in [9.17, 15) is 4.79 Å². The molecule has 0 bridgehead atoms. The Labute approximate surface area is 190 Å². The number of amides is 1. The fourth-order valence-corrected chi connectivity index (χ4v) is 5.93. The highest BCUT2D eigenvalue weighted by atomic mass is 32.1. The maximum atomic E-state index is 13.1. The van der Waals surface area contributed by atoms with Crippen molar-refractivity contribution in [2.45, 2.75) is 32.5 Å². The highest BCUT2D eigenvalue weighted by molar-refractivity contribution is 7.23. The van der Waals surface area contributed by atoms with Crippen molar-refractivity contribution in [2.24, 2.45) is 0 Å². The molecule has 1 amide bonds. The highest BCUT2D eigenvalue weighted by Crippen LogP contribution is 2.34. The van der Waals surface area contributed by atoms with Gasteiger partial charge in [0.2, 0.25) is 0 Å². The molecule has 4 aromatic rings. The molecule has 6 rings (SSSR count). The van der Waals surface area contributed by atoms with Crippen LogP contribution in [0.5, 0.6) is 0 Å². The fourth-order valence-electron chi connectivity index (χ4n) is 4.88. The molecule has 0 radical (unpaired) electrons. The zero-order valence-electron chi connectivity index (χ0n) is 18.3. The predicted molar refractivity (Wildman–Crippen MR) is 125 cm³/mol. The molecular weight excluding hydrogens is 422 g/mol. The van der Waals surface area contributed by atoms with Gasteiger partial charge < -0.3 is 14.4 Å². The van der Waals surface area contributed by atoms with E-state index in [4.69, 9.17) is 14.5 Å². The van der Waals surface area contributed by atoms with Crippen molar-refractivity contribution in [3.8, 4) is 11.3 Å². The van der Waals surface area contributed by atoms with Crippen LogP contribution in [0.15, 0.2) is 42.6 Å². The molecular formula is C25H25N3O3S. The zero-order chi connectivity index (χ0) is 21.9. The molecule has 6 nitrogen and oxygen atoms in total. The van der Waals surface area contributed by atoms with Gasteiger partial charge in [0.1, 0.15) is 0 Å². The number of hydrogen-bond donors (Lipinski definition) is 0. The number of benzene rings is 2. The number of likely N-dealkylation sites (tertiary alicyclic amines) is 1. The van der Waals surface area contributed by atoms with Gasteiger partial charge in [-0.15, -0.1) is 0 Å². The molecule has 0 N–H and O–H groups in total. The van der Waals surface area contributed by atoms with Gasteiger partial charge >= 0.3 is 0 Å². The Hall–Kier alpha value is -2.74. The first-order valence-electron chi connectivity index (χ1n) is 11.1. The van der Waals surface area contributed by atoms with Crippen LogP contribution in [0.3, 0.4) is 0 Å². The predicted octanol–water partition coefficient (Wildman–Crippen LogP) is 4.81. The molecule has 1 spiro atoms. The van der Waals surface area contributed by atoms with Crippen molar-refractivity contribution in [2.75, 3.05) is 26.3 Å². The third kappa shape index (κ3) is 3.23. The van der Waals surface area contributed by atoms with Crippen molar-refractivity contribution in [3.63, 3.8) is 0 Å². The van der Waals surface area contributed by atoms with E-state index in [1.165, 1.54) is 11.1 Å². The molecule has 164 valence electrons. The van der Waals surface area contributed by atoms with Crippen molar-refractivity contribution in [3.05, 3.63) is 59.3 Å². The second kappa shape index (κ2) is 7.40. The van der Waals surface area contributed by atoms with Crippen molar-refractivity contribution >= 4 is 32.4 Å². The lowest BCUT2D eigenvalue weighted by Gasteiger charge is -2.37. The van der Waals surface area contributed by atoms with Crippen LogP contribution in [0.1, 0.15) is 34.3 Å². The van der Waals surface area contributed by atoms with Gasteiger partial charge in [-0.3, -0.25) is 9.20 Å². The number of aromatic nitrogens is 2. The van der Waals surface area contributed by atoms with Crippen LogP contribution >= 0.6 is 11.3 Å². The molecule has 0 saturated carbocycles. The van der Waals surface area contributed by atoms with E-state index in [0.29, 0.717) is 26.3 Å². The number of fused-ring (bicyclic) bond motifs is 3. The molecule has 2 aliphatic heterocycles. The van der Waals surface area contributed by atoms with Crippen LogP contribution in [-0.4, -0.2) is 52.3 Å². The Morgan fingerprint density at radius 1 is 1.06 bits per heavy atom. The van der Waals surface area contributed by atoms with Crippen LogP contribution in [0.2, 0.25) is 0 Å². The molecule has 2 saturated heterocycles. The van der Waals surface area contributed by atoms with Crippen molar-refractivity contribution < 1.29 is 14.3 Å². The van der Waals surface area contributed by atoms with E-state index >= 15 is 0 Å². The lowest BCUT2D eigenvalue weighted by molar-refractivity contribution is -0.181. The number of piperidine rings is 1. The molecule has 2 fully saturated rings. The molecule has 2 aliphatic rings. The number of carbonyl (C=O) groups excluding carboxylic acids is 1. The van der Waals surface area contributed by atoms with Crippen molar-refractivity contribution in [1.29, 1.82) is 0 Å². The van der Waals surface area contributed by atoms with Gasteiger partial charge in [-0.25, -0.2) is 4.98 Å². The summed E-state index contributed by atoms with van der Waals surface area (Å²) in [5.41, 5.74) is 6.42. The number of thiazole rings is 1. The first kappa shape index (κ1) is 19.9. The topological polar surface area (TPSA) is 56.1 Å². The molecule has 32 heavy (non-hydrogen) atoms. The number of carbonyl (C=O) groups is 1. The third-order valence-electron chi connectivity index (χ3n) is 6.62. The first-order valence-corrected chi connectivity index (χ1v) is 11.9. The molecule has 4 heterocycles. The van der Waals surface area contributed by atoms with Crippen LogP contribution in [-0.2, 0) is 9.47 Å². The first-order chi connectivity index (χ1) is 15.5. The van der Waals surface area contributed by atoms with Crippen LogP contribution in [0.4, 0.5) is 0 Å². The van der Waals surface area contributed by atoms with Gasteiger partial charge in [0.05, 0.1) is 29.1 Å². The SMILES string of the molecule is Cc1ccc(-c2cn3c(n2)sc2cc(C(=O)N4CCC5(CC4)OCCO5)ccc23)c(C)c1. The molecule has 0 atom stereocenters. The summed E-state index contributed by atoms with van der Waals surface area (Å²) in [6.07, 6.45) is 3.56. The summed E-state index contributed by atoms with van der Waals surface area (Å²) >= 11 is 1.62. The summed E-state index contributed by atoms with van der Waals surface area (Å²) < 4.78 is 14.8. The minimum Gasteiger partial charge on any atom is -0.347 e. The van der Waals surface area contributed by atoms with E-state index < -0.39 is 5.79 Å². The Bertz CT molecular complexity index is 1340. The number of hydrogen-bond acceptors (Lipinski definition) is 5. The largest absolute Gasteiger partial charge is 0.347 e. The lowest BCUT2D eigenvalue weighted by atomic mass is 10.0. The standard InChI is InChI=1S/C25H25N3O3S/c1-16-3-5-19(17(2)13-16)20-15-28-21-6-4-18(14-22(21)32-24(28)26-20)23(29)27-9-7-25(8-10-27)30-11-12-31-25/h3-6,13-15H,7-12H2,1-2H3. The minimum absolute atomic E-state index is 0.0711. The Balaban J connectivity index is 1.27. The number of imidazole rings is 1. The quantitative estimate of drug-likeness (QED) is 0.442. The number of nitrogens with zero attached hydrogens (tertiary/aromatic N) is 3. The Morgan fingerprint density at radius 2 is 1.84 bits per heavy atom. The summed E-state index contributed by atoms with van der Waals surface area (Å²) in [4.78, 5) is 20.9. The van der Waals surface area contributed by atoms with E-state index in [1.54, 1.807) is 11.3 Å². The summed E-state index contributed by atoms with van der Waals surface area (Å²) in [5, 5.41) is 0. The minimum atomic E-state index is -0.465. The second-order valence-corrected chi connectivity index (χ2v) is 9.79. The summed E-state index contributed by atoms with van der Waals surface area (Å²) in [7, 11) is 0. The van der Waals surface area contributed by atoms with Crippen LogP contribution in [0.25, 0.3) is 26.4 Å². The molecule has 0 aliphatic carbocycles. The average Bonchev–Trinajstić information content (AvgIpc) is 3.48. The molecule has 0 unspecified atom stereocenters. The second-order valence-electron chi connectivity index (χ2n) is 8.78. The number of ether oxygens (including phenoxy) is 2. The lowest BCUT2D eigenvalue weighted by Crippen LogP contribution is -2.47. The van der Waals surface area contributed by atoms with Gasteiger partial charge in [0.25, 0.3) is 5.91 Å². The summed E-state index contributed by atoms with van der Waals surface area (Å²) in [6.45, 7) is 6.84. The smallest absolute Gasteiger partial charge is 0.253 e. The number of rotatable bonds is 2. The molecule has 7 heteroatoms. The van der Waals surface area contributed by atoms with E-state index in [1.807, 2.05) is 23.1 Å². The maximum Gasteiger partial charge on any atom is 0.253 e. The van der Waals surface area contributed by atoms with Gasteiger partial charge in [-0.1, -0.05) is 35.1 Å². The van der Waals surface area contributed by atoms with Gasteiger partial charge in [0.15, 0.2) is 10.7 Å². The molecule has 2 aromatic heterocycles. The number of aryl methyl sites for hydroxylation is 2. The zero-order valence-corrected chi connectivity index (χ0v) is 19.1. The van der Waals surface area contributed by atoms with Gasteiger partial charge in [-0.2, -0.15) is 0 Å². The fraction of sp³-hybridized carbons (Fsp3) is 0.360.